The first-order valence-electron chi connectivity index (χ1n) is 7.05. The quantitative estimate of drug-likeness (QED) is 0.630. The molecule has 0 fully saturated rings. The molecule has 2 nitrogen and oxygen atoms in total. The molecule has 0 spiro atoms. The normalized spacial score (nSPS) is 10.3. The van der Waals surface area contributed by atoms with Gasteiger partial charge in [0.05, 0.1) is 10.0 Å². The molecule has 0 bridgehead atoms. The Bertz CT molecular complexity index is 830. The summed E-state index contributed by atoms with van der Waals surface area (Å²) in [4.78, 5) is 12.2. The van der Waals surface area contributed by atoms with E-state index in [0.29, 0.717) is 15.6 Å². The predicted molar refractivity (Wildman–Crippen MR) is 96.3 cm³/mol. The van der Waals surface area contributed by atoms with Crippen LogP contribution in [0.15, 0.2) is 72.8 Å². The van der Waals surface area contributed by atoms with Crippen LogP contribution in [-0.4, -0.2) is 5.91 Å². The Morgan fingerprint density at radius 3 is 2.04 bits per heavy atom. The summed E-state index contributed by atoms with van der Waals surface area (Å²) in [6.07, 6.45) is 0. The van der Waals surface area contributed by atoms with E-state index in [4.69, 9.17) is 23.2 Å². The molecule has 0 aliphatic rings. The van der Waals surface area contributed by atoms with Gasteiger partial charge in [-0.05, 0) is 41.5 Å². The van der Waals surface area contributed by atoms with E-state index in [1.165, 1.54) is 0 Å². The lowest BCUT2D eigenvalue weighted by Gasteiger charge is -2.07. The molecule has 0 atom stereocenters. The molecule has 3 aromatic carbocycles. The monoisotopic (exact) mass is 341 g/mol. The van der Waals surface area contributed by atoms with Crippen molar-refractivity contribution >= 4 is 34.8 Å². The molecule has 23 heavy (non-hydrogen) atoms. The van der Waals surface area contributed by atoms with E-state index in [1.807, 2.05) is 54.6 Å². The predicted octanol–water partition coefficient (Wildman–Crippen LogP) is 5.91. The van der Waals surface area contributed by atoms with Crippen molar-refractivity contribution in [1.82, 2.24) is 0 Å². The van der Waals surface area contributed by atoms with E-state index in [0.717, 1.165) is 16.8 Å². The van der Waals surface area contributed by atoms with Gasteiger partial charge in [-0.25, -0.2) is 0 Å². The van der Waals surface area contributed by atoms with Gasteiger partial charge in [0.25, 0.3) is 5.91 Å². The van der Waals surface area contributed by atoms with E-state index in [9.17, 15) is 4.79 Å². The van der Waals surface area contributed by atoms with Crippen LogP contribution in [0.4, 0.5) is 5.69 Å². The van der Waals surface area contributed by atoms with Crippen molar-refractivity contribution < 1.29 is 4.79 Å². The zero-order valence-electron chi connectivity index (χ0n) is 12.1. The van der Waals surface area contributed by atoms with E-state index in [1.54, 1.807) is 18.2 Å². The van der Waals surface area contributed by atoms with Gasteiger partial charge < -0.3 is 5.32 Å². The number of anilines is 1. The molecule has 0 heterocycles. The van der Waals surface area contributed by atoms with Gasteiger partial charge in [-0.15, -0.1) is 0 Å². The molecule has 0 aliphatic heterocycles. The fourth-order valence-corrected chi connectivity index (χ4v) is 2.52. The Morgan fingerprint density at radius 2 is 1.39 bits per heavy atom. The molecule has 3 rings (SSSR count). The summed E-state index contributed by atoms with van der Waals surface area (Å²) in [6, 6.07) is 22.6. The Hall–Kier alpha value is -2.29. The van der Waals surface area contributed by atoms with Crippen LogP contribution in [0.25, 0.3) is 11.1 Å². The summed E-state index contributed by atoms with van der Waals surface area (Å²) in [5.74, 6) is -0.226. The molecule has 0 unspecified atom stereocenters. The van der Waals surface area contributed by atoms with Crippen molar-refractivity contribution in [2.24, 2.45) is 0 Å². The topological polar surface area (TPSA) is 29.1 Å². The van der Waals surface area contributed by atoms with E-state index in [-0.39, 0.29) is 5.91 Å². The number of rotatable bonds is 3. The largest absolute Gasteiger partial charge is 0.322 e. The molecule has 4 heteroatoms. The van der Waals surface area contributed by atoms with Crippen molar-refractivity contribution in [2.75, 3.05) is 5.32 Å². The van der Waals surface area contributed by atoms with Crippen LogP contribution < -0.4 is 5.32 Å². The molecular formula is C19H13Cl2NO. The molecular weight excluding hydrogens is 329 g/mol. The van der Waals surface area contributed by atoms with Gasteiger partial charge in [0.15, 0.2) is 0 Å². The second-order valence-electron chi connectivity index (χ2n) is 5.03. The smallest absolute Gasteiger partial charge is 0.255 e. The van der Waals surface area contributed by atoms with Crippen LogP contribution in [0.5, 0.6) is 0 Å². The SMILES string of the molecule is O=C(Nc1ccc(-c2ccccc2)cc1)c1ccc(Cl)c(Cl)c1. The van der Waals surface area contributed by atoms with Gasteiger partial charge in [-0.1, -0.05) is 65.7 Å². The lowest BCUT2D eigenvalue weighted by atomic mass is 10.1. The average Bonchev–Trinajstić information content (AvgIpc) is 2.59. The number of carbonyl (C=O) groups is 1. The van der Waals surface area contributed by atoms with Gasteiger partial charge in [0.1, 0.15) is 0 Å². The van der Waals surface area contributed by atoms with Crippen molar-refractivity contribution in [3.63, 3.8) is 0 Å². The third-order valence-electron chi connectivity index (χ3n) is 3.43. The highest BCUT2D eigenvalue weighted by Gasteiger charge is 2.08. The van der Waals surface area contributed by atoms with Crippen LogP contribution in [0.3, 0.4) is 0 Å². The van der Waals surface area contributed by atoms with E-state index in [2.05, 4.69) is 5.32 Å². The lowest BCUT2D eigenvalue weighted by molar-refractivity contribution is 0.102. The van der Waals surface area contributed by atoms with Crippen LogP contribution in [0.1, 0.15) is 10.4 Å². The Balaban J connectivity index is 1.75. The van der Waals surface area contributed by atoms with Crippen molar-refractivity contribution in [3.05, 3.63) is 88.4 Å². The lowest BCUT2D eigenvalue weighted by Crippen LogP contribution is -2.11. The number of hydrogen-bond acceptors (Lipinski definition) is 1. The highest BCUT2D eigenvalue weighted by molar-refractivity contribution is 6.42. The van der Waals surface area contributed by atoms with E-state index >= 15 is 0 Å². The maximum Gasteiger partial charge on any atom is 0.255 e. The zero-order chi connectivity index (χ0) is 16.2. The summed E-state index contributed by atoms with van der Waals surface area (Å²) in [7, 11) is 0. The second-order valence-corrected chi connectivity index (χ2v) is 5.84. The second kappa shape index (κ2) is 6.86. The third kappa shape index (κ3) is 3.73. The van der Waals surface area contributed by atoms with Crippen LogP contribution >= 0.6 is 23.2 Å². The summed E-state index contributed by atoms with van der Waals surface area (Å²) in [6.45, 7) is 0. The van der Waals surface area contributed by atoms with Crippen molar-refractivity contribution in [1.29, 1.82) is 0 Å². The van der Waals surface area contributed by atoms with Crippen LogP contribution in [-0.2, 0) is 0 Å². The Kier molecular flexibility index (Phi) is 4.65. The highest BCUT2D eigenvalue weighted by Crippen LogP contribution is 2.24. The van der Waals surface area contributed by atoms with Gasteiger partial charge in [-0.3, -0.25) is 4.79 Å². The van der Waals surface area contributed by atoms with Gasteiger partial charge >= 0.3 is 0 Å². The summed E-state index contributed by atoms with van der Waals surface area (Å²) in [5, 5.41) is 3.63. The molecule has 0 saturated carbocycles. The summed E-state index contributed by atoms with van der Waals surface area (Å²) < 4.78 is 0. The minimum absolute atomic E-state index is 0.226. The minimum atomic E-state index is -0.226. The summed E-state index contributed by atoms with van der Waals surface area (Å²) >= 11 is 11.8. The first-order valence-corrected chi connectivity index (χ1v) is 7.81. The van der Waals surface area contributed by atoms with E-state index < -0.39 is 0 Å². The maximum atomic E-state index is 12.2. The number of benzene rings is 3. The third-order valence-corrected chi connectivity index (χ3v) is 4.17. The van der Waals surface area contributed by atoms with Gasteiger partial charge in [-0.2, -0.15) is 0 Å². The first-order chi connectivity index (χ1) is 11.1. The van der Waals surface area contributed by atoms with Gasteiger partial charge in [0, 0.05) is 11.3 Å². The Labute approximate surface area is 144 Å². The number of nitrogens with one attached hydrogen (secondary N) is 1. The zero-order valence-corrected chi connectivity index (χ0v) is 13.6. The molecule has 0 radical (unpaired) electrons. The van der Waals surface area contributed by atoms with Crippen molar-refractivity contribution in [2.45, 2.75) is 0 Å². The molecule has 114 valence electrons. The molecule has 1 N–H and O–H groups in total. The standard InChI is InChI=1S/C19H13Cl2NO/c20-17-11-8-15(12-18(17)21)19(23)22-16-9-6-14(7-10-16)13-4-2-1-3-5-13/h1-12H,(H,22,23). The molecule has 0 aliphatic carbocycles. The number of carbonyl (C=O) groups excluding carboxylic acids is 1. The number of amides is 1. The first kappa shape index (κ1) is 15.6. The summed E-state index contributed by atoms with van der Waals surface area (Å²) in [5.41, 5.74) is 3.42. The van der Waals surface area contributed by atoms with Crippen LogP contribution in [0.2, 0.25) is 10.0 Å². The number of halogens is 2. The Morgan fingerprint density at radius 1 is 0.739 bits per heavy atom. The maximum absolute atomic E-state index is 12.2. The molecule has 3 aromatic rings. The molecule has 0 aromatic heterocycles. The molecule has 0 saturated heterocycles. The fraction of sp³-hybridized carbons (Fsp3) is 0. The fourth-order valence-electron chi connectivity index (χ4n) is 2.22. The minimum Gasteiger partial charge on any atom is -0.322 e. The highest BCUT2D eigenvalue weighted by atomic mass is 35.5. The molecule has 1 amide bonds. The number of hydrogen-bond donors (Lipinski definition) is 1. The van der Waals surface area contributed by atoms with Gasteiger partial charge in [0.2, 0.25) is 0 Å². The average molecular weight is 342 g/mol. The van der Waals surface area contributed by atoms with Crippen molar-refractivity contribution in [3.8, 4) is 11.1 Å². The van der Waals surface area contributed by atoms with Crippen LogP contribution in [0, 0.1) is 0 Å².